The van der Waals surface area contributed by atoms with Gasteiger partial charge in [0.2, 0.25) is 10.0 Å². The average molecular weight is 262 g/mol. The third-order valence-electron chi connectivity index (χ3n) is 2.56. The summed E-state index contributed by atoms with van der Waals surface area (Å²) in [5, 5.41) is 0.253. The second-order valence-corrected chi connectivity index (χ2v) is 5.90. The van der Waals surface area contributed by atoms with Gasteiger partial charge in [0.1, 0.15) is 10.7 Å². The van der Waals surface area contributed by atoms with Gasteiger partial charge in [-0.25, -0.2) is 18.1 Å². The minimum absolute atomic E-state index is 0.0170. The van der Waals surface area contributed by atoms with Crippen LogP contribution in [-0.2, 0) is 10.0 Å². The molecule has 0 saturated heterocycles. The van der Waals surface area contributed by atoms with Gasteiger partial charge in [-0.05, 0) is 18.9 Å². The molecule has 1 fully saturated rings. The Morgan fingerprint density at radius 3 is 2.75 bits per heavy atom. The van der Waals surface area contributed by atoms with Crippen LogP contribution in [0.3, 0.4) is 0 Å². The molecule has 0 atom stereocenters. The third-order valence-corrected chi connectivity index (χ3v) is 4.32. The number of pyridine rings is 1. The van der Waals surface area contributed by atoms with Crippen LogP contribution in [0.5, 0.6) is 0 Å². The topological polar surface area (TPSA) is 85.1 Å². The van der Waals surface area contributed by atoms with Crippen LogP contribution in [0.2, 0.25) is 5.02 Å². The Kier molecular flexibility index (Phi) is 3.05. The first-order valence-electron chi connectivity index (χ1n) is 4.92. The van der Waals surface area contributed by atoms with E-state index in [1.165, 1.54) is 12.3 Å². The highest BCUT2D eigenvalue weighted by atomic mass is 35.5. The van der Waals surface area contributed by atoms with Crippen molar-refractivity contribution in [3.8, 4) is 0 Å². The van der Waals surface area contributed by atoms with Crippen LogP contribution in [0, 0.1) is 0 Å². The van der Waals surface area contributed by atoms with Gasteiger partial charge in [0.25, 0.3) is 0 Å². The molecule has 1 saturated carbocycles. The van der Waals surface area contributed by atoms with Crippen molar-refractivity contribution in [2.75, 3.05) is 5.73 Å². The van der Waals surface area contributed by atoms with E-state index in [4.69, 9.17) is 17.3 Å². The molecule has 0 spiro atoms. The Bertz CT molecular complexity index is 499. The fourth-order valence-electron chi connectivity index (χ4n) is 1.46. The maximum atomic E-state index is 11.9. The van der Waals surface area contributed by atoms with Crippen LogP contribution in [0.1, 0.15) is 19.3 Å². The van der Waals surface area contributed by atoms with E-state index in [0.717, 1.165) is 19.3 Å². The van der Waals surface area contributed by atoms with Crippen LogP contribution < -0.4 is 10.5 Å². The van der Waals surface area contributed by atoms with Crippen LogP contribution in [0.4, 0.5) is 5.82 Å². The Balaban J connectivity index is 2.30. The Morgan fingerprint density at radius 2 is 2.19 bits per heavy atom. The number of nitrogens with zero attached hydrogens (tertiary/aromatic N) is 1. The van der Waals surface area contributed by atoms with Crippen molar-refractivity contribution in [2.24, 2.45) is 0 Å². The van der Waals surface area contributed by atoms with Crippen molar-refractivity contribution in [3.63, 3.8) is 0 Å². The largest absolute Gasteiger partial charge is 0.383 e. The number of nitrogens with one attached hydrogen (secondary N) is 1. The maximum absolute atomic E-state index is 11.9. The first-order chi connectivity index (χ1) is 7.49. The highest BCUT2D eigenvalue weighted by molar-refractivity contribution is 7.89. The molecule has 0 bridgehead atoms. The summed E-state index contributed by atoms with van der Waals surface area (Å²) in [5.41, 5.74) is 5.52. The smallest absolute Gasteiger partial charge is 0.244 e. The molecule has 3 N–H and O–H groups in total. The molecule has 0 radical (unpaired) electrons. The van der Waals surface area contributed by atoms with Gasteiger partial charge in [-0.2, -0.15) is 0 Å². The molecule has 7 heteroatoms. The van der Waals surface area contributed by atoms with Gasteiger partial charge >= 0.3 is 0 Å². The SMILES string of the molecule is Nc1ncc(Cl)cc1S(=O)(=O)NC1CCC1. The number of sulfonamides is 1. The van der Waals surface area contributed by atoms with Crippen molar-refractivity contribution in [1.82, 2.24) is 9.71 Å². The van der Waals surface area contributed by atoms with Gasteiger partial charge in [-0.15, -0.1) is 0 Å². The first kappa shape index (κ1) is 11.6. The van der Waals surface area contributed by atoms with E-state index in [9.17, 15) is 8.42 Å². The molecule has 5 nitrogen and oxygen atoms in total. The molecule has 0 amide bonds. The van der Waals surface area contributed by atoms with Gasteiger partial charge in [-0.1, -0.05) is 18.0 Å². The monoisotopic (exact) mass is 261 g/mol. The summed E-state index contributed by atoms with van der Waals surface area (Å²) in [7, 11) is -3.60. The zero-order chi connectivity index (χ0) is 11.8. The zero-order valence-electron chi connectivity index (χ0n) is 8.48. The third kappa shape index (κ3) is 2.28. The molecule has 0 aromatic carbocycles. The molecule has 1 heterocycles. The minimum Gasteiger partial charge on any atom is -0.383 e. The van der Waals surface area contributed by atoms with Crippen LogP contribution in [-0.4, -0.2) is 19.4 Å². The number of nitrogens with two attached hydrogens (primary N) is 1. The first-order valence-corrected chi connectivity index (χ1v) is 6.78. The lowest BCUT2D eigenvalue weighted by molar-refractivity contribution is 0.383. The van der Waals surface area contributed by atoms with Gasteiger partial charge in [0.05, 0.1) is 5.02 Å². The lowest BCUT2D eigenvalue weighted by Gasteiger charge is -2.26. The van der Waals surface area contributed by atoms with Crippen LogP contribution in [0.15, 0.2) is 17.2 Å². The van der Waals surface area contributed by atoms with Crippen molar-refractivity contribution >= 4 is 27.4 Å². The number of nitrogen functional groups attached to an aromatic ring is 1. The van der Waals surface area contributed by atoms with E-state index in [1.807, 2.05) is 0 Å². The zero-order valence-corrected chi connectivity index (χ0v) is 10.1. The van der Waals surface area contributed by atoms with E-state index < -0.39 is 10.0 Å². The molecule has 2 rings (SSSR count). The summed E-state index contributed by atoms with van der Waals surface area (Å²) >= 11 is 5.70. The quantitative estimate of drug-likeness (QED) is 0.855. The Labute approximate surface area is 99.1 Å². The molecule has 0 unspecified atom stereocenters. The Morgan fingerprint density at radius 1 is 1.50 bits per heavy atom. The summed E-state index contributed by atoms with van der Waals surface area (Å²) in [6.07, 6.45) is 4.11. The highest BCUT2D eigenvalue weighted by Crippen LogP contribution is 2.24. The predicted molar refractivity (Wildman–Crippen MR) is 61.6 cm³/mol. The standard InChI is InChI=1S/C9H12ClN3O2S/c10-6-4-8(9(11)12-5-6)16(14,15)13-7-2-1-3-7/h4-5,7,13H,1-3H2,(H2,11,12). The van der Waals surface area contributed by atoms with Crippen molar-refractivity contribution in [3.05, 3.63) is 17.3 Å². The number of hydrogen-bond acceptors (Lipinski definition) is 4. The predicted octanol–water partition coefficient (Wildman–Crippen LogP) is 1.15. The van der Waals surface area contributed by atoms with Gasteiger partial charge in [-0.3, -0.25) is 0 Å². The summed E-state index contributed by atoms with van der Waals surface area (Å²) in [4.78, 5) is 3.67. The van der Waals surface area contributed by atoms with E-state index in [-0.39, 0.29) is 21.8 Å². The van der Waals surface area contributed by atoms with Crippen molar-refractivity contribution in [2.45, 2.75) is 30.2 Å². The second kappa shape index (κ2) is 4.20. The molecule has 1 aromatic heterocycles. The molecular formula is C9H12ClN3O2S. The average Bonchev–Trinajstić information content (AvgIpc) is 2.16. The molecule has 1 aliphatic carbocycles. The van der Waals surface area contributed by atoms with Crippen molar-refractivity contribution in [1.29, 1.82) is 0 Å². The lowest BCUT2D eigenvalue weighted by Crippen LogP contribution is -2.39. The normalized spacial score (nSPS) is 17.1. The van der Waals surface area contributed by atoms with Gasteiger partial charge < -0.3 is 5.73 Å². The van der Waals surface area contributed by atoms with E-state index in [0.29, 0.717) is 0 Å². The Hall–Kier alpha value is -0.850. The molecular weight excluding hydrogens is 250 g/mol. The maximum Gasteiger partial charge on any atom is 0.244 e. The number of aromatic nitrogens is 1. The van der Waals surface area contributed by atoms with E-state index >= 15 is 0 Å². The summed E-state index contributed by atoms with van der Waals surface area (Å²) in [5.74, 6) is -0.0313. The van der Waals surface area contributed by atoms with Crippen molar-refractivity contribution < 1.29 is 8.42 Å². The summed E-state index contributed by atoms with van der Waals surface area (Å²) < 4.78 is 26.4. The second-order valence-electron chi connectivity index (χ2n) is 3.79. The molecule has 1 aromatic rings. The van der Waals surface area contributed by atoms with E-state index in [2.05, 4.69) is 9.71 Å². The number of anilines is 1. The molecule has 1 aliphatic rings. The fraction of sp³-hybridized carbons (Fsp3) is 0.444. The fourth-order valence-corrected chi connectivity index (χ4v) is 3.09. The number of hydrogen-bond donors (Lipinski definition) is 2. The van der Waals surface area contributed by atoms with E-state index in [1.54, 1.807) is 0 Å². The van der Waals surface area contributed by atoms with Crippen LogP contribution in [0.25, 0.3) is 0 Å². The van der Waals surface area contributed by atoms with Gasteiger partial charge in [0.15, 0.2) is 0 Å². The molecule has 16 heavy (non-hydrogen) atoms. The number of rotatable bonds is 3. The summed E-state index contributed by atoms with van der Waals surface area (Å²) in [6, 6.07) is 1.33. The number of halogens is 1. The lowest BCUT2D eigenvalue weighted by atomic mass is 9.94. The molecule has 88 valence electrons. The highest BCUT2D eigenvalue weighted by Gasteiger charge is 2.26. The minimum atomic E-state index is -3.60. The molecule has 0 aliphatic heterocycles. The van der Waals surface area contributed by atoms with Crippen LogP contribution >= 0.6 is 11.6 Å². The summed E-state index contributed by atoms with van der Waals surface area (Å²) in [6.45, 7) is 0. The van der Waals surface area contributed by atoms with Gasteiger partial charge in [0, 0.05) is 12.2 Å².